The van der Waals surface area contributed by atoms with Gasteiger partial charge in [0, 0.05) is 17.9 Å². The summed E-state index contributed by atoms with van der Waals surface area (Å²) in [4.78, 5) is 0. The lowest BCUT2D eigenvalue weighted by molar-refractivity contribution is 0.676. The van der Waals surface area contributed by atoms with Crippen LogP contribution in [0.2, 0.25) is 0 Å². The summed E-state index contributed by atoms with van der Waals surface area (Å²) < 4.78 is 2.35. The Balaban J connectivity index is 1.96. The zero-order chi connectivity index (χ0) is 11.7. The monoisotopic (exact) mass is 225 g/mol. The van der Waals surface area contributed by atoms with Crippen molar-refractivity contribution in [2.75, 3.05) is 0 Å². The highest BCUT2D eigenvalue weighted by Gasteiger charge is 2.14. The lowest BCUT2D eigenvalue weighted by Gasteiger charge is -2.13. The van der Waals surface area contributed by atoms with Gasteiger partial charge < -0.3 is 4.57 Å². The normalized spacial score (nSPS) is 13.7. The van der Waals surface area contributed by atoms with E-state index in [4.69, 9.17) is 0 Å². The number of aryl methyl sites for hydroxylation is 1. The average molecular weight is 225 g/mol. The molecule has 0 spiro atoms. The third-order valence-corrected chi connectivity index (χ3v) is 3.25. The van der Waals surface area contributed by atoms with Gasteiger partial charge in [-0.1, -0.05) is 30.3 Å². The molecule has 1 aromatic heterocycles. The molecule has 0 atom stereocenters. The highest BCUT2D eigenvalue weighted by Crippen LogP contribution is 2.22. The summed E-state index contributed by atoms with van der Waals surface area (Å²) in [6.45, 7) is 4.53. The zero-order valence-corrected chi connectivity index (χ0v) is 9.93. The molecule has 0 N–H and O–H groups in total. The van der Waals surface area contributed by atoms with Crippen LogP contribution in [0.3, 0.4) is 0 Å². The second-order valence-electron chi connectivity index (χ2n) is 4.43. The van der Waals surface area contributed by atoms with E-state index < -0.39 is 0 Å². The summed E-state index contributed by atoms with van der Waals surface area (Å²) >= 11 is 0. The van der Waals surface area contributed by atoms with Crippen molar-refractivity contribution in [3.63, 3.8) is 0 Å². The molecular weight excluding hydrogens is 210 g/mol. The van der Waals surface area contributed by atoms with Crippen LogP contribution in [0.4, 0.5) is 0 Å². The molecule has 3 nitrogen and oxygen atoms in total. The van der Waals surface area contributed by atoms with Crippen LogP contribution in [0.25, 0.3) is 0 Å². The van der Waals surface area contributed by atoms with Gasteiger partial charge in [0.25, 0.3) is 0 Å². The molecule has 17 heavy (non-hydrogen) atoms. The third-order valence-electron chi connectivity index (χ3n) is 3.25. The maximum absolute atomic E-state index is 4.14. The van der Waals surface area contributed by atoms with Gasteiger partial charge in [-0.25, -0.2) is 0 Å². The molecule has 3 heteroatoms. The smallest absolute Gasteiger partial charge is 0.100 e. The van der Waals surface area contributed by atoms with Crippen LogP contribution in [0.5, 0.6) is 0 Å². The van der Waals surface area contributed by atoms with E-state index in [9.17, 15) is 0 Å². The first-order valence-electron chi connectivity index (χ1n) is 5.89. The van der Waals surface area contributed by atoms with Gasteiger partial charge in [-0.3, -0.25) is 0 Å². The Hall–Kier alpha value is -1.90. The lowest BCUT2D eigenvalue weighted by Crippen LogP contribution is -2.08. The van der Waals surface area contributed by atoms with Gasteiger partial charge in [0.15, 0.2) is 0 Å². The van der Waals surface area contributed by atoms with Crippen molar-refractivity contribution in [2.45, 2.75) is 26.6 Å². The highest BCUT2D eigenvalue weighted by molar-refractivity contribution is 5.30. The average Bonchev–Trinajstić information content (AvgIpc) is 2.68. The van der Waals surface area contributed by atoms with Crippen LogP contribution < -0.4 is 0 Å². The fourth-order valence-electron chi connectivity index (χ4n) is 2.35. The van der Waals surface area contributed by atoms with Crippen molar-refractivity contribution in [3.05, 3.63) is 58.9 Å². The number of azo groups is 1. The number of benzene rings is 1. The number of aromatic nitrogens is 1. The molecule has 0 bridgehead atoms. The summed E-state index contributed by atoms with van der Waals surface area (Å²) in [5.74, 6) is 0. The predicted octanol–water partition coefficient (Wildman–Crippen LogP) is 3.31. The number of fused-ring (bicyclic) bond motifs is 1. The molecule has 0 radical (unpaired) electrons. The summed E-state index contributed by atoms with van der Waals surface area (Å²) in [6.07, 6.45) is 0. The molecule has 0 unspecified atom stereocenters. The van der Waals surface area contributed by atoms with E-state index in [-0.39, 0.29) is 0 Å². The molecular formula is C14H15N3. The number of hydrogen-bond acceptors (Lipinski definition) is 2. The summed E-state index contributed by atoms with van der Waals surface area (Å²) in [7, 11) is 0. The van der Waals surface area contributed by atoms with Crippen LogP contribution in [-0.4, -0.2) is 4.57 Å². The first-order chi connectivity index (χ1) is 8.34. The minimum absolute atomic E-state index is 0.718. The van der Waals surface area contributed by atoms with Crippen molar-refractivity contribution in [2.24, 2.45) is 10.2 Å². The molecule has 1 aliphatic rings. The molecule has 0 fully saturated rings. The number of hydrogen-bond donors (Lipinski definition) is 0. The maximum Gasteiger partial charge on any atom is 0.100 e. The molecule has 0 aliphatic carbocycles. The Bertz CT molecular complexity index is 552. The number of nitrogens with zero attached hydrogens (tertiary/aromatic N) is 3. The molecule has 0 saturated heterocycles. The minimum Gasteiger partial charge on any atom is -0.342 e. The van der Waals surface area contributed by atoms with Crippen LogP contribution >= 0.6 is 0 Å². The number of rotatable bonds is 2. The van der Waals surface area contributed by atoms with Crippen molar-refractivity contribution < 1.29 is 0 Å². The van der Waals surface area contributed by atoms with Crippen LogP contribution in [0.15, 0.2) is 46.6 Å². The fourth-order valence-corrected chi connectivity index (χ4v) is 2.35. The first kappa shape index (κ1) is 10.3. The van der Waals surface area contributed by atoms with E-state index in [0.717, 1.165) is 19.6 Å². The van der Waals surface area contributed by atoms with E-state index in [2.05, 4.69) is 58.1 Å². The van der Waals surface area contributed by atoms with Gasteiger partial charge in [0.05, 0.1) is 6.54 Å². The van der Waals surface area contributed by atoms with Gasteiger partial charge in [-0.15, -0.1) is 0 Å². The summed E-state index contributed by atoms with van der Waals surface area (Å²) in [5.41, 5.74) is 5.28. The topological polar surface area (TPSA) is 29.6 Å². The van der Waals surface area contributed by atoms with Gasteiger partial charge in [0.1, 0.15) is 6.54 Å². The highest BCUT2D eigenvalue weighted by atomic mass is 15.1. The van der Waals surface area contributed by atoms with Gasteiger partial charge in [0.2, 0.25) is 0 Å². The Kier molecular flexibility index (Phi) is 2.52. The molecule has 2 aromatic rings. The second kappa shape index (κ2) is 4.17. The van der Waals surface area contributed by atoms with Crippen LogP contribution in [-0.2, 0) is 19.6 Å². The van der Waals surface area contributed by atoms with Crippen molar-refractivity contribution in [1.82, 2.24) is 4.57 Å². The second-order valence-corrected chi connectivity index (χ2v) is 4.43. The SMILES string of the molecule is Cc1cc2c(n1Cc1ccccc1)CN=NC2. The Morgan fingerprint density at radius 1 is 1.12 bits per heavy atom. The van der Waals surface area contributed by atoms with Crippen molar-refractivity contribution in [3.8, 4) is 0 Å². The zero-order valence-electron chi connectivity index (χ0n) is 9.93. The standard InChI is InChI=1S/C14H15N3/c1-11-7-13-8-15-16-9-14(13)17(11)10-12-5-3-2-4-6-12/h2-7H,8-10H2,1H3. The predicted molar refractivity (Wildman–Crippen MR) is 67.0 cm³/mol. The molecule has 0 saturated carbocycles. The fraction of sp³-hybridized carbons (Fsp3) is 0.286. The molecule has 2 heterocycles. The third kappa shape index (κ3) is 1.88. The molecule has 3 rings (SSSR count). The quantitative estimate of drug-likeness (QED) is 0.750. The summed E-state index contributed by atoms with van der Waals surface area (Å²) in [6, 6.07) is 12.8. The first-order valence-corrected chi connectivity index (χ1v) is 5.89. The van der Waals surface area contributed by atoms with Crippen LogP contribution in [0, 0.1) is 6.92 Å². The minimum atomic E-state index is 0.718. The van der Waals surface area contributed by atoms with Gasteiger partial charge in [-0.05, 0) is 24.1 Å². The molecule has 1 aromatic carbocycles. The molecule has 0 amide bonds. The van der Waals surface area contributed by atoms with Crippen LogP contribution in [0.1, 0.15) is 22.5 Å². The largest absolute Gasteiger partial charge is 0.342 e. The van der Waals surface area contributed by atoms with E-state index in [1.165, 1.54) is 22.5 Å². The molecule has 1 aliphatic heterocycles. The Morgan fingerprint density at radius 3 is 2.71 bits per heavy atom. The van der Waals surface area contributed by atoms with Gasteiger partial charge >= 0.3 is 0 Å². The lowest BCUT2D eigenvalue weighted by atomic mass is 10.2. The Morgan fingerprint density at radius 2 is 1.88 bits per heavy atom. The van der Waals surface area contributed by atoms with E-state index in [1.54, 1.807) is 0 Å². The Labute approximate surface area is 101 Å². The van der Waals surface area contributed by atoms with Crippen molar-refractivity contribution in [1.29, 1.82) is 0 Å². The molecule has 86 valence electrons. The summed E-state index contributed by atoms with van der Waals surface area (Å²) in [5, 5.41) is 8.23. The van der Waals surface area contributed by atoms with Crippen molar-refractivity contribution >= 4 is 0 Å². The van der Waals surface area contributed by atoms with E-state index in [1.807, 2.05) is 0 Å². The van der Waals surface area contributed by atoms with Gasteiger partial charge in [-0.2, -0.15) is 10.2 Å². The van der Waals surface area contributed by atoms with E-state index in [0.29, 0.717) is 0 Å². The van der Waals surface area contributed by atoms with E-state index >= 15 is 0 Å². The maximum atomic E-state index is 4.14.